The lowest BCUT2D eigenvalue weighted by Gasteiger charge is -2.21. The molecule has 0 aliphatic carbocycles. The first-order valence-electron chi connectivity index (χ1n) is 18.9. The van der Waals surface area contributed by atoms with E-state index in [-0.39, 0.29) is 12.1 Å². The Morgan fingerprint density at radius 2 is 1.05 bits per heavy atom. The van der Waals surface area contributed by atoms with E-state index in [4.69, 9.17) is 4.74 Å². The van der Waals surface area contributed by atoms with E-state index in [1.54, 1.807) is 0 Å². The Labute approximate surface area is 273 Å². The third-order valence-corrected chi connectivity index (χ3v) is 8.83. The second-order valence-electron chi connectivity index (χ2n) is 13.6. The van der Waals surface area contributed by atoms with E-state index in [2.05, 4.69) is 58.0 Å². The summed E-state index contributed by atoms with van der Waals surface area (Å²) in [5, 5.41) is 0. The number of benzene rings is 1. The minimum Gasteiger partial charge on any atom is -0.457 e. The predicted molar refractivity (Wildman–Crippen MR) is 189 cm³/mol. The van der Waals surface area contributed by atoms with Crippen LogP contribution in [0.2, 0.25) is 0 Å². The summed E-state index contributed by atoms with van der Waals surface area (Å²) in [6.45, 7) is 7.75. The van der Waals surface area contributed by atoms with E-state index in [0.29, 0.717) is 25.0 Å². The third kappa shape index (κ3) is 21.9. The number of ether oxygens (including phenoxy) is 1. The summed E-state index contributed by atoms with van der Waals surface area (Å²) in [4.78, 5) is 27.6. The highest BCUT2D eigenvalue weighted by Crippen LogP contribution is 2.28. The highest BCUT2D eigenvalue weighted by atomic mass is 16.5. The first-order chi connectivity index (χ1) is 21.4. The van der Waals surface area contributed by atoms with Crippen LogP contribution in [0.3, 0.4) is 0 Å². The zero-order chi connectivity index (χ0) is 32.3. The third-order valence-electron chi connectivity index (χ3n) is 8.83. The summed E-state index contributed by atoms with van der Waals surface area (Å²) in [6, 6.07) is 7.04. The highest BCUT2D eigenvalue weighted by Gasteiger charge is 2.19. The van der Waals surface area contributed by atoms with Gasteiger partial charge in [0.15, 0.2) is 0 Å². The molecule has 0 aliphatic heterocycles. The van der Waals surface area contributed by atoms with Crippen LogP contribution in [0.15, 0.2) is 18.2 Å². The minimum atomic E-state index is -0.198. The molecule has 0 fully saturated rings. The Morgan fingerprint density at radius 1 is 0.591 bits per heavy atom. The molecule has 0 saturated heterocycles. The Morgan fingerprint density at radius 3 is 1.57 bits per heavy atom. The van der Waals surface area contributed by atoms with Gasteiger partial charge in [-0.1, -0.05) is 122 Å². The quantitative estimate of drug-likeness (QED) is 0.0639. The van der Waals surface area contributed by atoms with Crippen molar-refractivity contribution in [1.82, 2.24) is 4.90 Å². The lowest BCUT2D eigenvalue weighted by Crippen LogP contribution is -2.17. The molecule has 0 aromatic heterocycles. The molecule has 0 N–H and O–H groups in total. The van der Waals surface area contributed by atoms with Gasteiger partial charge in [-0.25, -0.2) is 0 Å². The van der Waals surface area contributed by atoms with Crippen LogP contribution in [0.25, 0.3) is 0 Å². The summed E-state index contributed by atoms with van der Waals surface area (Å²) in [5.41, 5.74) is 3.97. The van der Waals surface area contributed by atoms with E-state index in [0.717, 1.165) is 51.5 Å². The SMILES string of the molecule is CCCCCCCCCCC(=O)CCCCC(=O)OC(CCCN(C)C)c1cc(CCCCCC)cc(CCCCCC)c1. The summed E-state index contributed by atoms with van der Waals surface area (Å²) >= 11 is 0. The molecule has 1 aromatic carbocycles. The molecule has 1 rings (SSSR count). The zero-order valence-electron chi connectivity index (χ0n) is 29.9. The second-order valence-corrected chi connectivity index (χ2v) is 13.6. The molecule has 0 amide bonds. The van der Waals surface area contributed by atoms with E-state index in [1.807, 2.05) is 0 Å². The lowest BCUT2D eigenvalue weighted by atomic mass is 9.94. The van der Waals surface area contributed by atoms with Crippen molar-refractivity contribution in [2.75, 3.05) is 20.6 Å². The molecular formula is C40H71NO3. The van der Waals surface area contributed by atoms with Crippen LogP contribution in [0.1, 0.15) is 191 Å². The average molecular weight is 614 g/mol. The van der Waals surface area contributed by atoms with Gasteiger partial charge in [0.2, 0.25) is 0 Å². The summed E-state index contributed by atoms with van der Waals surface area (Å²) in [6.07, 6.45) is 27.1. The maximum absolute atomic E-state index is 13.0. The van der Waals surface area contributed by atoms with Crippen molar-refractivity contribution in [2.24, 2.45) is 0 Å². The molecule has 254 valence electrons. The molecule has 1 aromatic rings. The van der Waals surface area contributed by atoms with Crippen LogP contribution in [0.5, 0.6) is 0 Å². The number of aryl methyl sites for hydroxylation is 2. The van der Waals surface area contributed by atoms with Gasteiger partial charge in [0, 0.05) is 19.3 Å². The summed E-state index contributed by atoms with van der Waals surface area (Å²) in [7, 11) is 4.20. The molecule has 0 heterocycles. The molecule has 4 nitrogen and oxygen atoms in total. The van der Waals surface area contributed by atoms with Gasteiger partial charge in [-0.2, -0.15) is 0 Å². The molecule has 0 bridgehead atoms. The van der Waals surface area contributed by atoms with Gasteiger partial charge < -0.3 is 9.64 Å². The van der Waals surface area contributed by atoms with Gasteiger partial charge in [-0.3, -0.25) is 9.59 Å². The van der Waals surface area contributed by atoms with Crippen molar-refractivity contribution in [3.05, 3.63) is 34.9 Å². The first-order valence-corrected chi connectivity index (χ1v) is 18.9. The maximum atomic E-state index is 13.0. The maximum Gasteiger partial charge on any atom is 0.306 e. The van der Waals surface area contributed by atoms with E-state index in [9.17, 15) is 9.59 Å². The van der Waals surface area contributed by atoms with Crippen molar-refractivity contribution in [3.63, 3.8) is 0 Å². The van der Waals surface area contributed by atoms with Crippen molar-refractivity contribution >= 4 is 11.8 Å². The summed E-state index contributed by atoms with van der Waals surface area (Å²) < 4.78 is 6.21. The number of esters is 1. The minimum absolute atomic E-state index is 0.117. The molecule has 1 atom stereocenters. The number of Topliss-reactive ketones (excluding diaryl/α,β-unsaturated/α-hetero) is 1. The zero-order valence-corrected chi connectivity index (χ0v) is 29.9. The number of hydrogen-bond acceptors (Lipinski definition) is 4. The van der Waals surface area contributed by atoms with E-state index in [1.165, 1.54) is 113 Å². The number of hydrogen-bond donors (Lipinski definition) is 0. The molecule has 0 saturated carbocycles. The standard InChI is InChI=1S/C40H71NO3/c1-6-9-12-15-16-17-18-21-27-38(42)28-22-23-30-40(43)44-39(29-24-31-41(4)5)37-33-35(25-19-13-10-7-2)32-36(34-37)26-20-14-11-8-3/h32-34,39H,6-31H2,1-5H3. The second kappa shape index (κ2) is 27.6. The number of unbranched alkanes of at least 4 members (excludes halogenated alkanes) is 14. The molecular weight excluding hydrogens is 542 g/mol. The molecule has 0 aliphatic rings. The fourth-order valence-electron chi connectivity index (χ4n) is 6.05. The van der Waals surface area contributed by atoms with Crippen molar-refractivity contribution in [3.8, 4) is 0 Å². The number of carbonyl (C=O) groups excluding carboxylic acids is 2. The Balaban J connectivity index is 2.67. The highest BCUT2D eigenvalue weighted by molar-refractivity contribution is 5.78. The molecule has 0 radical (unpaired) electrons. The monoisotopic (exact) mass is 614 g/mol. The van der Waals surface area contributed by atoms with Crippen LogP contribution in [-0.2, 0) is 27.2 Å². The molecule has 4 heteroatoms. The number of ketones is 1. The number of carbonyl (C=O) groups is 2. The Hall–Kier alpha value is -1.68. The van der Waals surface area contributed by atoms with Crippen LogP contribution < -0.4 is 0 Å². The topological polar surface area (TPSA) is 46.6 Å². The van der Waals surface area contributed by atoms with E-state index < -0.39 is 0 Å². The normalized spacial score (nSPS) is 12.1. The average Bonchev–Trinajstić information content (AvgIpc) is 3.00. The van der Waals surface area contributed by atoms with Gasteiger partial charge in [0.05, 0.1) is 0 Å². The van der Waals surface area contributed by atoms with Crippen LogP contribution in [0.4, 0.5) is 0 Å². The molecule has 1 unspecified atom stereocenters. The Kier molecular flexibility index (Phi) is 25.3. The first kappa shape index (κ1) is 40.3. The fraction of sp³-hybridized carbons (Fsp3) is 0.800. The van der Waals surface area contributed by atoms with Crippen LogP contribution in [0, 0.1) is 0 Å². The van der Waals surface area contributed by atoms with E-state index >= 15 is 0 Å². The van der Waals surface area contributed by atoms with Gasteiger partial charge >= 0.3 is 5.97 Å². The molecule has 44 heavy (non-hydrogen) atoms. The van der Waals surface area contributed by atoms with Crippen LogP contribution >= 0.6 is 0 Å². The van der Waals surface area contributed by atoms with Crippen molar-refractivity contribution < 1.29 is 14.3 Å². The van der Waals surface area contributed by atoms with Crippen LogP contribution in [-0.4, -0.2) is 37.3 Å². The number of nitrogens with zero attached hydrogens (tertiary/aromatic N) is 1. The number of rotatable bonds is 30. The van der Waals surface area contributed by atoms with Gasteiger partial charge in [0.25, 0.3) is 0 Å². The Bertz CT molecular complexity index is 819. The van der Waals surface area contributed by atoms with Crippen molar-refractivity contribution in [2.45, 2.75) is 187 Å². The smallest absolute Gasteiger partial charge is 0.306 e. The summed E-state index contributed by atoms with van der Waals surface area (Å²) in [5.74, 6) is 0.237. The molecule has 0 spiro atoms. The van der Waals surface area contributed by atoms with Gasteiger partial charge in [0.1, 0.15) is 11.9 Å². The fourth-order valence-corrected chi connectivity index (χ4v) is 6.05. The largest absolute Gasteiger partial charge is 0.457 e. The van der Waals surface area contributed by atoms with Gasteiger partial charge in [-0.05, 0) is 95.1 Å². The predicted octanol–water partition coefficient (Wildman–Crippen LogP) is 11.5. The lowest BCUT2D eigenvalue weighted by molar-refractivity contribution is -0.150. The van der Waals surface area contributed by atoms with Gasteiger partial charge in [-0.15, -0.1) is 0 Å². The van der Waals surface area contributed by atoms with Crippen molar-refractivity contribution in [1.29, 1.82) is 0 Å².